The molecule has 2 aromatic carbocycles. The molecule has 2 rings (SSSR count). The van der Waals surface area contributed by atoms with Crippen molar-refractivity contribution in [3.8, 4) is 5.75 Å². The second kappa shape index (κ2) is 10.7. The zero-order valence-electron chi connectivity index (χ0n) is 17.2. The summed E-state index contributed by atoms with van der Waals surface area (Å²) < 4.78 is 31.1. The van der Waals surface area contributed by atoms with Gasteiger partial charge in [-0.25, -0.2) is 8.42 Å². The number of aryl methyl sites for hydroxylation is 2. The molecule has 0 heterocycles. The predicted molar refractivity (Wildman–Crippen MR) is 119 cm³/mol. The van der Waals surface area contributed by atoms with Gasteiger partial charge in [-0.1, -0.05) is 30.3 Å². The number of hydrogen-bond acceptors (Lipinski definition) is 4. The molecule has 0 saturated carbocycles. The normalized spacial score (nSPS) is 12.4. The Bertz CT molecular complexity index is 834. The van der Waals surface area contributed by atoms with E-state index in [0.717, 1.165) is 42.6 Å². The van der Waals surface area contributed by atoms with Crippen LogP contribution in [-0.2, 0) is 16.4 Å². The highest BCUT2D eigenvalue weighted by molar-refractivity contribution is 7.92. The first-order valence-electron chi connectivity index (χ1n) is 9.12. The van der Waals surface area contributed by atoms with Crippen LogP contribution >= 0.6 is 12.4 Å². The highest BCUT2D eigenvalue weighted by atomic mass is 35.5. The van der Waals surface area contributed by atoms with Crippen molar-refractivity contribution in [1.29, 1.82) is 0 Å². The lowest BCUT2D eigenvalue weighted by atomic mass is 10.1. The van der Waals surface area contributed by atoms with Crippen LogP contribution in [0.4, 0.5) is 5.69 Å². The van der Waals surface area contributed by atoms with Crippen molar-refractivity contribution in [3.63, 3.8) is 0 Å². The minimum absolute atomic E-state index is 0. The molecule has 0 aliphatic carbocycles. The van der Waals surface area contributed by atoms with Crippen LogP contribution in [0.1, 0.15) is 23.6 Å². The number of para-hydroxylation sites is 1. The summed E-state index contributed by atoms with van der Waals surface area (Å²) in [7, 11) is -1.15. The Morgan fingerprint density at radius 2 is 1.64 bits per heavy atom. The van der Waals surface area contributed by atoms with Gasteiger partial charge in [0.1, 0.15) is 11.9 Å². The molecular weight excluding hydrogens is 396 g/mol. The van der Waals surface area contributed by atoms with Gasteiger partial charge in [0.05, 0.1) is 6.26 Å². The Kier molecular flexibility index (Phi) is 9.27. The molecule has 0 saturated heterocycles. The predicted octanol–water partition coefficient (Wildman–Crippen LogP) is 4.04. The average molecular weight is 427 g/mol. The summed E-state index contributed by atoms with van der Waals surface area (Å²) in [6.07, 6.45) is 2.14. The summed E-state index contributed by atoms with van der Waals surface area (Å²) in [4.78, 5) is 2.25. The highest BCUT2D eigenvalue weighted by Gasteiger charge is 2.11. The third-order valence-electron chi connectivity index (χ3n) is 4.34. The summed E-state index contributed by atoms with van der Waals surface area (Å²) >= 11 is 0. The molecule has 28 heavy (non-hydrogen) atoms. The van der Waals surface area contributed by atoms with E-state index in [4.69, 9.17) is 4.74 Å². The van der Waals surface area contributed by atoms with E-state index in [1.54, 1.807) is 12.1 Å². The van der Waals surface area contributed by atoms with Crippen LogP contribution in [0.3, 0.4) is 0 Å². The van der Waals surface area contributed by atoms with Crippen LogP contribution in [0, 0.1) is 13.8 Å². The maximum Gasteiger partial charge on any atom is 0.229 e. The third kappa shape index (κ3) is 8.09. The fourth-order valence-corrected chi connectivity index (χ4v) is 3.59. The molecule has 0 fully saturated rings. The number of likely N-dealkylation sites (N-methyl/N-ethyl adjacent to an activating group) is 1. The van der Waals surface area contributed by atoms with Gasteiger partial charge in [0.25, 0.3) is 0 Å². The minimum atomic E-state index is -3.23. The van der Waals surface area contributed by atoms with E-state index in [1.807, 2.05) is 18.2 Å². The van der Waals surface area contributed by atoms with Gasteiger partial charge in [0, 0.05) is 18.8 Å². The third-order valence-corrected chi connectivity index (χ3v) is 4.94. The molecule has 0 aromatic heterocycles. The van der Waals surface area contributed by atoms with Gasteiger partial charge >= 0.3 is 0 Å². The molecule has 5 nitrogen and oxygen atoms in total. The minimum Gasteiger partial charge on any atom is -0.489 e. The first-order chi connectivity index (χ1) is 12.6. The zero-order valence-corrected chi connectivity index (χ0v) is 18.9. The number of halogens is 1. The van der Waals surface area contributed by atoms with Crippen molar-refractivity contribution in [2.45, 2.75) is 33.3 Å². The summed E-state index contributed by atoms with van der Waals surface area (Å²) in [5.74, 6) is 0.979. The fraction of sp³-hybridized carbons (Fsp3) is 0.429. The van der Waals surface area contributed by atoms with Crippen molar-refractivity contribution in [2.75, 3.05) is 31.1 Å². The molecule has 0 spiro atoms. The number of nitrogens with zero attached hydrogens (tertiary/aromatic N) is 1. The van der Waals surface area contributed by atoms with E-state index < -0.39 is 10.0 Å². The van der Waals surface area contributed by atoms with Crippen molar-refractivity contribution < 1.29 is 13.2 Å². The second-order valence-electron chi connectivity index (χ2n) is 7.23. The molecule has 1 unspecified atom stereocenters. The SMILES string of the molecule is Cc1cccc(C)c1OC(C)CN(C)CCc1ccc(NS(C)(=O)=O)cc1.Cl. The zero-order chi connectivity index (χ0) is 20.0. The monoisotopic (exact) mass is 426 g/mol. The van der Waals surface area contributed by atoms with Crippen LogP contribution in [0.2, 0.25) is 0 Å². The van der Waals surface area contributed by atoms with Crippen LogP contribution < -0.4 is 9.46 Å². The van der Waals surface area contributed by atoms with Crippen molar-refractivity contribution in [3.05, 3.63) is 59.2 Å². The van der Waals surface area contributed by atoms with Crippen LogP contribution in [0.25, 0.3) is 0 Å². The molecular formula is C21H31ClN2O3S. The van der Waals surface area contributed by atoms with Crippen molar-refractivity contribution >= 4 is 28.1 Å². The van der Waals surface area contributed by atoms with Crippen molar-refractivity contribution in [2.24, 2.45) is 0 Å². The Hall–Kier alpha value is -1.76. The maximum absolute atomic E-state index is 11.2. The van der Waals surface area contributed by atoms with Gasteiger partial charge in [0.2, 0.25) is 10.0 Å². The molecule has 0 aliphatic heterocycles. The van der Waals surface area contributed by atoms with Crippen LogP contribution in [0.5, 0.6) is 5.75 Å². The summed E-state index contributed by atoms with van der Waals surface area (Å²) in [5.41, 5.74) is 4.08. The summed E-state index contributed by atoms with van der Waals surface area (Å²) in [6, 6.07) is 13.7. The Labute approximate surface area is 175 Å². The number of sulfonamides is 1. The quantitative estimate of drug-likeness (QED) is 0.657. The number of rotatable bonds is 9. The molecule has 0 aliphatic rings. The second-order valence-corrected chi connectivity index (χ2v) is 8.98. The number of hydrogen-bond donors (Lipinski definition) is 1. The molecule has 0 radical (unpaired) electrons. The number of ether oxygens (including phenoxy) is 1. The fourth-order valence-electron chi connectivity index (χ4n) is 3.03. The van der Waals surface area contributed by atoms with Crippen molar-refractivity contribution in [1.82, 2.24) is 4.90 Å². The van der Waals surface area contributed by atoms with Crippen LogP contribution in [0.15, 0.2) is 42.5 Å². The van der Waals surface area contributed by atoms with E-state index in [-0.39, 0.29) is 18.5 Å². The lowest BCUT2D eigenvalue weighted by Crippen LogP contribution is -2.32. The van der Waals surface area contributed by atoms with Gasteiger partial charge in [-0.05, 0) is 63.1 Å². The molecule has 156 valence electrons. The smallest absolute Gasteiger partial charge is 0.229 e. The number of nitrogens with one attached hydrogen (secondary N) is 1. The number of anilines is 1. The average Bonchev–Trinajstić information content (AvgIpc) is 2.56. The lowest BCUT2D eigenvalue weighted by Gasteiger charge is -2.24. The van der Waals surface area contributed by atoms with E-state index in [2.05, 4.69) is 49.6 Å². The lowest BCUT2D eigenvalue weighted by molar-refractivity contribution is 0.161. The van der Waals surface area contributed by atoms with E-state index in [9.17, 15) is 8.42 Å². The molecule has 0 bridgehead atoms. The van der Waals surface area contributed by atoms with Gasteiger partial charge in [-0.3, -0.25) is 4.72 Å². The topological polar surface area (TPSA) is 58.6 Å². The van der Waals surface area contributed by atoms with Gasteiger partial charge in [0.15, 0.2) is 0 Å². The van der Waals surface area contributed by atoms with E-state index in [0.29, 0.717) is 5.69 Å². The number of benzene rings is 2. The Balaban J connectivity index is 0.00000392. The molecule has 2 aromatic rings. The Morgan fingerprint density at radius 1 is 1.07 bits per heavy atom. The Morgan fingerprint density at radius 3 is 2.18 bits per heavy atom. The molecule has 1 atom stereocenters. The van der Waals surface area contributed by atoms with E-state index >= 15 is 0 Å². The standard InChI is InChI=1S/C21H30N2O3S.ClH/c1-16-7-6-8-17(2)21(16)26-18(3)15-23(4)14-13-19-9-11-20(12-10-19)22-27(5,24)25;/h6-12,18,22H,13-15H2,1-5H3;1H. The first kappa shape index (κ1) is 24.3. The van der Waals surface area contributed by atoms with Gasteiger partial charge < -0.3 is 9.64 Å². The van der Waals surface area contributed by atoms with Gasteiger partial charge in [-0.15, -0.1) is 12.4 Å². The summed E-state index contributed by atoms with van der Waals surface area (Å²) in [5, 5.41) is 0. The maximum atomic E-state index is 11.2. The molecule has 1 N–H and O–H groups in total. The molecule has 7 heteroatoms. The van der Waals surface area contributed by atoms with Crippen LogP contribution in [-0.4, -0.2) is 45.8 Å². The first-order valence-corrected chi connectivity index (χ1v) is 11.0. The van der Waals surface area contributed by atoms with E-state index in [1.165, 1.54) is 5.56 Å². The largest absolute Gasteiger partial charge is 0.489 e. The highest BCUT2D eigenvalue weighted by Crippen LogP contribution is 2.23. The summed E-state index contributed by atoms with van der Waals surface area (Å²) in [6.45, 7) is 7.97. The van der Waals surface area contributed by atoms with Gasteiger partial charge in [-0.2, -0.15) is 0 Å². The molecule has 0 amide bonds.